The average Bonchev–Trinajstić information content (AvgIpc) is 2.38. The van der Waals surface area contributed by atoms with Gasteiger partial charge in [0.1, 0.15) is 5.82 Å². The molecule has 0 aromatic carbocycles. The lowest BCUT2D eigenvalue weighted by Crippen LogP contribution is -2.42. The second kappa shape index (κ2) is 6.98. The van der Waals surface area contributed by atoms with Crippen molar-refractivity contribution < 1.29 is 9.53 Å². The molecule has 0 saturated heterocycles. The molecular weight excluding hydrogens is 218 g/mol. The largest absolute Gasteiger partial charge is 0.385 e. The highest BCUT2D eigenvalue weighted by Gasteiger charge is 2.19. The van der Waals surface area contributed by atoms with E-state index in [9.17, 15) is 4.79 Å². The van der Waals surface area contributed by atoms with Gasteiger partial charge in [0, 0.05) is 27.0 Å². The lowest BCUT2D eigenvalue weighted by atomic mass is 10.1. The Bertz CT molecular complexity index is 343. The van der Waals surface area contributed by atoms with Crippen molar-refractivity contribution in [2.45, 2.75) is 18.9 Å². The van der Waals surface area contributed by atoms with Crippen LogP contribution in [0, 0.1) is 0 Å². The maximum Gasteiger partial charge on any atom is 0.244 e. The van der Waals surface area contributed by atoms with E-state index in [-0.39, 0.29) is 5.91 Å². The van der Waals surface area contributed by atoms with Crippen LogP contribution >= 0.6 is 0 Å². The number of amides is 1. The van der Waals surface area contributed by atoms with Crippen molar-refractivity contribution in [2.75, 3.05) is 25.7 Å². The first-order valence-electron chi connectivity index (χ1n) is 5.60. The first kappa shape index (κ1) is 13.6. The summed E-state index contributed by atoms with van der Waals surface area (Å²) in [5.41, 5.74) is 5.82. The number of hydrogen-bond acceptors (Lipinski definition) is 4. The maximum absolute atomic E-state index is 12.0. The number of carbonyl (C=O) groups is 1. The van der Waals surface area contributed by atoms with Crippen LogP contribution in [0.3, 0.4) is 0 Å². The Balaban J connectivity index is 2.51. The smallest absolute Gasteiger partial charge is 0.244 e. The molecule has 0 aliphatic rings. The van der Waals surface area contributed by atoms with Gasteiger partial charge in [0.2, 0.25) is 5.91 Å². The average molecular weight is 237 g/mol. The van der Waals surface area contributed by atoms with Crippen LogP contribution < -0.4 is 10.6 Å². The van der Waals surface area contributed by atoms with Gasteiger partial charge in [0.15, 0.2) is 0 Å². The van der Waals surface area contributed by atoms with Crippen molar-refractivity contribution in [3.63, 3.8) is 0 Å². The van der Waals surface area contributed by atoms with Crippen LogP contribution in [0.2, 0.25) is 0 Å². The van der Waals surface area contributed by atoms with Crippen LogP contribution in [0.15, 0.2) is 24.4 Å². The van der Waals surface area contributed by atoms with Gasteiger partial charge in [0.05, 0.1) is 6.04 Å². The molecule has 0 fully saturated rings. The SMILES string of the molecule is COCCCC(N)C(=O)N(C)c1ccccn1. The molecule has 17 heavy (non-hydrogen) atoms. The van der Waals surface area contributed by atoms with E-state index in [4.69, 9.17) is 10.5 Å². The molecule has 0 aliphatic heterocycles. The van der Waals surface area contributed by atoms with Gasteiger partial charge in [-0.15, -0.1) is 0 Å². The third kappa shape index (κ3) is 4.13. The second-order valence-electron chi connectivity index (χ2n) is 3.83. The molecule has 0 aliphatic carbocycles. The van der Waals surface area contributed by atoms with Gasteiger partial charge >= 0.3 is 0 Å². The molecule has 0 spiro atoms. The lowest BCUT2D eigenvalue weighted by molar-refractivity contribution is -0.119. The van der Waals surface area contributed by atoms with Crippen molar-refractivity contribution in [1.29, 1.82) is 0 Å². The number of pyridine rings is 1. The molecule has 1 rings (SSSR count). The minimum atomic E-state index is -0.503. The van der Waals surface area contributed by atoms with Gasteiger partial charge in [-0.25, -0.2) is 4.98 Å². The zero-order valence-electron chi connectivity index (χ0n) is 10.3. The molecule has 5 heteroatoms. The van der Waals surface area contributed by atoms with Crippen molar-refractivity contribution in [3.05, 3.63) is 24.4 Å². The van der Waals surface area contributed by atoms with Gasteiger partial charge < -0.3 is 10.5 Å². The van der Waals surface area contributed by atoms with E-state index in [1.165, 1.54) is 4.90 Å². The summed E-state index contributed by atoms with van der Waals surface area (Å²) in [5, 5.41) is 0. The molecule has 1 amide bonds. The van der Waals surface area contributed by atoms with Gasteiger partial charge in [0.25, 0.3) is 0 Å². The number of ether oxygens (including phenoxy) is 1. The van der Waals surface area contributed by atoms with E-state index in [0.29, 0.717) is 18.8 Å². The van der Waals surface area contributed by atoms with Gasteiger partial charge in [-0.05, 0) is 25.0 Å². The van der Waals surface area contributed by atoms with E-state index < -0.39 is 6.04 Å². The Morgan fingerprint density at radius 2 is 2.35 bits per heavy atom. The Morgan fingerprint density at radius 1 is 1.59 bits per heavy atom. The van der Waals surface area contributed by atoms with Crippen LogP contribution in [0.25, 0.3) is 0 Å². The van der Waals surface area contributed by atoms with E-state index in [2.05, 4.69) is 4.98 Å². The normalized spacial score (nSPS) is 12.2. The van der Waals surface area contributed by atoms with Gasteiger partial charge in [-0.2, -0.15) is 0 Å². The summed E-state index contributed by atoms with van der Waals surface area (Å²) in [6.45, 7) is 0.619. The quantitative estimate of drug-likeness (QED) is 0.743. The van der Waals surface area contributed by atoms with E-state index >= 15 is 0 Å². The highest BCUT2D eigenvalue weighted by Crippen LogP contribution is 2.09. The number of carbonyl (C=O) groups excluding carboxylic acids is 1. The van der Waals surface area contributed by atoms with Crippen molar-refractivity contribution >= 4 is 11.7 Å². The minimum absolute atomic E-state index is 0.125. The first-order valence-corrected chi connectivity index (χ1v) is 5.60. The molecule has 94 valence electrons. The number of aromatic nitrogens is 1. The molecule has 0 saturated carbocycles. The van der Waals surface area contributed by atoms with Crippen LogP contribution in [-0.2, 0) is 9.53 Å². The zero-order valence-corrected chi connectivity index (χ0v) is 10.3. The minimum Gasteiger partial charge on any atom is -0.385 e. The summed E-state index contributed by atoms with van der Waals surface area (Å²) in [6, 6.07) is 4.92. The van der Waals surface area contributed by atoms with Gasteiger partial charge in [-0.3, -0.25) is 9.69 Å². The lowest BCUT2D eigenvalue weighted by Gasteiger charge is -2.20. The van der Waals surface area contributed by atoms with Crippen LogP contribution in [0.5, 0.6) is 0 Å². The molecule has 1 aromatic rings. The summed E-state index contributed by atoms with van der Waals surface area (Å²) in [4.78, 5) is 17.5. The van der Waals surface area contributed by atoms with Crippen molar-refractivity contribution in [2.24, 2.45) is 5.73 Å². The number of nitrogens with two attached hydrogens (primary N) is 1. The van der Waals surface area contributed by atoms with E-state index in [1.54, 1.807) is 32.5 Å². The summed E-state index contributed by atoms with van der Waals surface area (Å²) in [6.07, 6.45) is 3.04. The van der Waals surface area contributed by atoms with E-state index in [0.717, 1.165) is 6.42 Å². The topological polar surface area (TPSA) is 68.5 Å². The predicted octanol–water partition coefficient (Wildman–Crippen LogP) is 0.798. The molecule has 5 nitrogen and oxygen atoms in total. The first-order chi connectivity index (χ1) is 8.16. The Kier molecular flexibility index (Phi) is 5.59. The molecule has 0 bridgehead atoms. The molecular formula is C12H19N3O2. The number of likely N-dealkylation sites (N-methyl/N-ethyl adjacent to an activating group) is 1. The molecule has 1 atom stereocenters. The fraction of sp³-hybridized carbons (Fsp3) is 0.500. The zero-order chi connectivity index (χ0) is 12.7. The molecule has 2 N–H and O–H groups in total. The molecule has 1 aromatic heterocycles. The highest BCUT2D eigenvalue weighted by molar-refractivity contribution is 5.95. The summed E-state index contributed by atoms with van der Waals surface area (Å²) in [5.74, 6) is 0.486. The summed E-state index contributed by atoms with van der Waals surface area (Å²) in [7, 11) is 3.31. The Hall–Kier alpha value is -1.46. The summed E-state index contributed by atoms with van der Waals surface area (Å²) < 4.78 is 4.92. The van der Waals surface area contributed by atoms with Crippen LogP contribution in [-0.4, -0.2) is 37.7 Å². The van der Waals surface area contributed by atoms with Crippen LogP contribution in [0.4, 0.5) is 5.82 Å². The number of methoxy groups -OCH3 is 1. The third-order valence-corrected chi connectivity index (χ3v) is 2.50. The fourth-order valence-corrected chi connectivity index (χ4v) is 1.48. The number of nitrogens with zero attached hydrogens (tertiary/aromatic N) is 2. The van der Waals surface area contributed by atoms with Gasteiger partial charge in [-0.1, -0.05) is 6.07 Å². The third-order valence-electron chi connectivity index (χ3n) is 2.50. The molecule has 0 radical (unpaired) electrons. The second-order valence-corrected chi connectivity index (χ2v) is 3.83. The maximum atomic E-state index is 12.0. The standard InChI is InChI=1S/C12H19N3O2/c1-15(11-7-3-4-8-14-11)12(16)10(13)6-5-9-17-2/h3-4,7-8,10H,5-6,9,13H2,1-2H3. The number of hydrogen-bond donors (Lipinski definition) is 1. The molecule has 1 unspecified atom stereocenters. The Labute approximate surface area is 102 Å². The predicted molar refractivity (Wildman–Crippen MR) is 66.7 cm³/mol. The monoisotopic (exact) mass is 237 g/mol. The Morgan fingerprint density at radius 3 is 2.94 bits per heavy atom. The van der Waals surface area contributed by atoms with Crippen LogP contribution in [0.1, 0.15) is 12.8 Å². The highest BCUT2D eigenvalue weighted by atomic mass is 16.5. The van der Waals surface area contributed by atoms with Crippen molar-refractivity contribution in [1.82, 2.24) is 4.98 Å². The van der Waals surface area contributed by atoms with E-state index in [1.807, 2.05) is 6.07 Å². The van der Waals surface area contributed by atoms with Crippen molar-refractivity contribution in [3.8, 4) is 0 Å². The number of anilines is 1. The fourth-order valence-electron chi connectivity index (χ4n) is 1.48. The number of rotatable bonds is 6. The summed E-state index contributed by atoms with van der Waals surface area (Å²) >= 11 is 0. The molecule has 1 heterocycles.